The third kappa shape index (κ3) is 17.8. The zero-order valence-corrected chi connectivity index (χ0v) is 20.4. The fourth-order valence-electron chi connectivity index (χ4n) is 4.02. The molecule has 0 saturated carbocycles. The molecule has 0 fully saturated rings. The van der Waals surface area contributed by atoms with Crippen LogP contribution in [0.2, 0.25) is 0 Å². The van der Waals surface area contributed by atoms with Gasteiger partial charge in [-0.3, -0.25) is 4.90 Å². The zero-order valence-electron chi connectivity index (χ0n) is 20.4. The molecule has 0 amide bonds. The summed E-state index contributed by atoms with van der Waals surface area (Å²) in [6.07, 6.45) is 4.44. The molecule has 9 nitrogen and oxygen atoms in total. The number of nitrogens with two attached hydrogens (primary N) is 5. The first kappa shape index (κ1) is 30.6. The van der Waals surface area contributed by atoms with Gasteiger partial charge in [0.25, 0.3) is 0 Å². The maximum absolute atomic E-state index is 5.81. The minimum Gasteiger partial charge on any atom is -0.330 e. The van der Waals surface area contributed by atoms with Gasteiger partial charge in [-0.25, -0.2) is 0 Å². The van der Waals surface area contributed by atoms with Crippen LogP contribution in [0.5, 0.6) is 0 Å². The lowest BCUT2D eigenvalue weighted by atomic mass is 9.97. The molecule has 0 saturated heterocycles. The third-order valence-electron chi connectivity index (χ3n) is 5.82. The van der Waals surface area contributed by atoms with Gasteiger partial charge in [-0.2, -0.15) is 0 Å². The van der Waals surface area contributed by atoms with E-state index < -0.39 is 0 Å². The first-order valence-corrected chi connectivity index (χ1v) is 12.5. The van der Waals surface area contributed by atoms with Gasteiger partial charge in [0, 0.05) is 78.5 Å². The molecule has 11 N–H and O–H groups in total. The Morgan fingerprint density at radius 3 is 1.39 bits per heavy atom. The summed E-state index contributed by atoms with van der Waals surface area (Å²) in [5, 5.41) is 3.62. The summed E-state index contributed by atoms with van der Waals surface area (Å²) in [5.74, 6) is 0.619. The van der Waals surface area contributed by atoms with Crippen molar-refractivity contribution in [2.24, 2.45) is 34.6 Å². The summed E-state index contributed by atoms with van der Waals surface area (Å²) in [6, 6.07) is 0. The first-order valence-electron chi connectivity index (χ1n) is 12.5. The Balaban J connectivity index is 4.52. The number of hydrogen-bond acceptors (Lipinski definition) is 9. The van der Waals surface area contributed by atoms with Crippen LogP contribution in [-0.4, -0.2) is 119 Å². The molecule has 31 heavy (non-hydrogen) atoms. The molecule has 0 aromatic carbocycles. The maximum atomic E-state index is 5.81. The molecule has 0 aromatic heterocycles. The van der Waals surface area contributed by atoms with Gasteiger partial charge in [0.15, 0.2) is 0 Å². The fraction of sp³-hybridized carbons (Fsp3) is 1.00. The SMILES string of the molecule is CCCN(CCN)CCNCCN(CCC(CCN)CCN)CCN(CCN)CCN. The summed E-state index contributed by atoms with van der Waals surface area (Å²) in [6.45, 7) is 16.9. The molecule has 0 aliphatic carbocycles. The van der Waals surface area contributed by atoms with Crippen LogP contribution < -0.4 is 34.0 Å². The van der Waals surface area contributed by atoms with Crippen molar-refractivity contribution in [2.45, 2.75) is 32.6 Å². The van der Waals surface area contributed by atoms with Crippen LogP contribution in [-0.2, 0) is 0 Å². The second-order valence-electron chi connectivity index (χ2n) is 8.45. The van der Waals surface area contributed by atoms with Crippen LogP contribution in [0.15, 0.2) is 0 Å². The molecule has 0 heterocycles. The Hall–Kier alpha value is -0.360. The Morgan fingerprint density at radius 1 is 0.516 bits per heavy atom. The molecular formula is C22H55N9. The molecule has 0 unspecified atom stereocenters. The predicted molar refractivity (Wildman–Crippen MR) is 135 cm³/mol. The Bertz CT molecular complexity index is 322. The van der Waals surface area contributed by atoms with E-state index in [0.29, 0.717) is 19.0 Å². The van der Waals surface area contributed by atoms with Gasteiger partial charge in [0.05, 0.1) is 0 Å². The Labute approximate surface area is 192 Å². The van der Waals surface area contributed by atoms with Crippen LogP contribution in [0.4, 0.5) is 0 Å². The number of hydrogen-bond donors (Lipinski definition) is 6. The monoisotopic (exact) mass is 445 g/mol. The molecular weight excluding hydrogens is 390 g/mol. The van der Waals surface area contributed by atoms with Crippen molar-refractivity contribution in [1.82, 2.24) is 20.0 Å². The van der Waals surface area contributed by atoms with Crippen molar-refractivity contribution >= 4 is 0 Å². The molecule has 0 aliphatic rings. The minimum atomic E-state index is 0.619. The topological polar surface area (TPSA) is 152 Å². The molecule has 0 atom stereocenters. The lowest BCUT2D eigenvalue weighted by Gasteiger charge is -2.29. The van der Waals surface area contributed by atoms with E-state index in [4.69, 9.17) is 28.7 Å². The zero-order chi connectivity index (χ0) is 23.2. The van der Waals surface area contributed by atoms with E-state index >= 15 is 0 Å². The van der Waals surface area contributed by atoms with Crippen molar-refractivity contribution in [3.05, 3.63) is 0 Å². The standard InChI is InChI=1S/C22H55N9/c1-2-13-29(15-8-25)18-11-28-12-19-30(14-5-22(3-6-23)4-7-24)20-21-31(16-9-26)17-10-27/h22,28H,2-21,23-27H2,1H3. The Morgan fingerprint density at radius 2 is 0.968 bits per heavy atom. The average Bonchev–Trinajstić information content (AvgIpc) is 2.75. The fourth-order valence-corrected chi connectivity index (χ4v) is 4.02. The van der Waals surface area contributed by atoms with E-state index in [-0.39, 0.29) is 0 Å². The molecule has 9 heteroatoms. The molecule has 0 spiro atoms. The third-order valence-corrected chi connectivity index (χ3v) is 5.82. The highest BCUT2D eigenvalue weighted by Crippen LogP contribution is 2.12. The minimum absolute atomic E-state index is 0.619. The summed E-state index contributed by atoms with van der Waals surface area (Å²) >= 11 is 0. The summed E-state index contributed by atoms with van der Waals surface area (Å²) in [5.41, 5.74) is 28.9. The van der Waals surface area contributed by atoms with E-state index in [2.05, 4.69) is 26.9 Å². The largest absolute Gasteiger partial charge is 0.330 e. The van der Waals surface area contributed by atoms with E-state index in [0.717, 1.165) is 111 Å². The second-order valence-corrected chi connectivity index (χ2v) is 8.45. The van der Waals surface area contributed by atoms with Crippen LogP contribution in [0.3, 0.4) is 0 Å². The Kier molecular flexibility index (Phi) is 22.6. The first-order chi connectivity index (χ1) is 15.1. The molecule has 0 aliphatic heterocycles. The number of nitrogens with zero attached hydrogens (tertiary/aromatic N) is 3. The molecule has 0 aromatic rings. The van der Waals surface area contributed by atoms with E-state index in [1.54, 1.807) is 0 Å². The highest BCUT2D eigenvalue weighted by Gasteiger charge is 2.13. The van der Waals surface area contributed by atoms with Crippen molar-refractivity contribution < 1.29 is 0 Å². The second kappa shape index (κ2) is 22.8. The van der Waals surface area contributed by atoms with E-state index in [1.165, 1.54) is 6.42 Å². The van der Waals surface area contributed by atoms with Crippen molar-refractivity contribution in [2.75, 3.05) is 105 Å². The van der Waals surface area contributed by atoms with Crippen LogP contribution in [0.1, 0.15) is 32.6 Å². The van der Waals surface area contributed by atoms with Crippen molar-refractivity contribution in [1.29, 1.82) is 0 Å². The lowest BCUT2D eigenvalue weighted by molar-refractivity contribution is 0.196. The summed E-state index contributed by atoms with van der Waals surface area (Å²) in [7, 11) is 0. The van der Waals surface area contributed by atoms with Gasteiger partial charge in [0.1, 0.15) is 0 Å². The van der Waals surface area contributed by atoms with E-state index in [9.17, 15) is 0 Å². The molecule has 188 valence electrons. The lowest BCUT2D eigenvalue weighted by Crippen LogP contribution is -2.43. The highest BCUT2D eigenvalue weighted by atomic mass is 15.2. The van der Waals surface area contributed by atoms with Gasteiger partial charge >= 0.3 is 0 Å². The molecule has 0 bridgehead atoms. The predicted octanol–water partition coefficient (Wildman–Crippen LogP) is -1.53. The van der Waals surface area contributed by atoms with Gasteiger partial charge in [-0.15, -0.1) is 0 Å². The van der Waals surface area contributed by atoms with Gasteiger partial charge in [-0.1, -0.05) is 6.92 Å². The number of nitrogens with one attached hydrogen (secondary N) is 1. The van der Waals surface area contributed by atoms with E-state index in [1.807, 2.05) is 0 Å². The molecule has 0 radical (unpaired) electrons. The van der Waals surface area contributed by atoms with Gasteiger partial charge in [0.2, 0.25) is 0 Å². The normalized spacial score (nSPS) is 12.2. The van der Waals surface area contributed by atoms with Gasteiger partial charge < -0.3 is 43.8 Å². The van der Waals surface area contributed by atoms with Crippen LogP contribution in [0, 0.1) is 5.92 Å². The van der Waals surface area contributed by atoms with Crippen LogP contribution >= 0.6 is 0 Å². The highest BCUT2D eigenvalue weighted by molar-refractivity contribution is 4.70. The van der Waals surface area contributed by atoms with Crippen molar-refractivity contribution in [3.8, 4) is 0 Å². The van der Waals surface area contributed by atoms with Crippen LogP contribution in [0.25, 0.3) is 0 Å². The summed E-state index contributed by atoms with van der Waals surface area (Å²) in [4.78, 5) is 7.37. The van der Waals surface area contributed by atoms with Crippen molar-refractivity contribution in [3.63, 3.8) is 0 Å². The summed E-state index contributed by atoms with van der Waals surface area (Å²) < 4.78 is 0. The smallest absolute Gasteiger partial charge is 0.0110 e. The van der Waals surface area contributed by atoms with Gasteiger partial charge in [-0.05, 0) is 57.8 Å². The average molecular weight is 446 g/mol. The quantitative estimate of drug-likeness (QED) is 0.0972. The number of rotatable bonds is 24. The maximum Gasteiger partial charge on any atom is 0.0110 e. The molecule has 0 rings (SSSR count).